The molecule has 0 radical (unpaired) electrons. The quantitative estimate of drug-likeness (QED) is 0.847. The highest BCUT2D eigenvalue weighted by Crippen LogP contribution is 2.46. The summed E-state index contributed by atoms with van der Waals surface area (Å²) >= 11 is 0. The van der Waals surface area contributed by atoms with E-state index in [1.807, 2.05) is 18.2 Å². The number of nitriles is 1. The van der Waals surface area contributed by atoms with Crippen LogP contribution in [0.25, 0.3) is 0 Å². The number of hydrogen-bond acceptors (Lipinski definition) is 4. The van der Waals surface area contributed by atoms with Crippen molar-refractivity contribution in [2.24, 2.45) is 5.92 Å². The van der Waals surface area contributed by atoms with E-state index in [1.165, 1.54) is 5.56 Å². The van der Waals surface area contributed by atoms with Crippen molar-refractivity contribution in [2.75, 3.05) is 33.4 Å². The Kier molecular flexibility index (Phi) is 3.79. The minimum atomic E-state index is 0.506. The Morgan fingerprint density at radius 1 is 1.50 bits per heavy atom. The van der Waals surface area contributed by atoms with Crippen LogP contribution in [0.1, 0.15) is 24.3 Å². The van der Waals surface area contributed by atoms with Crippen LogP contribution in [-0.4, -0.2) is 38.3 Å². The number of ether oxygens (including phenoxy) is 2. The van der Waals surface area contributed by atoms with Crippen molar-refractivity contribution in [3.63, 3.8) is 0 Å². The highest BCUT2D eigenvalue weighted by atomic mass is 16.5. The normalized spacial score (nSPS) is 25.0. The summed E-state index contributed by atoms with van der Waals surface area (Å²) in [6.45, 7) is 3.72. The van der Waals surface area contributed by atoms with Crippen molar-refractivity contribution < 1.29 is 9.47 Å². The second-order valence-electron chi connectivity index (χ2n) is 5.55. The van der Waals surface area contributed by atoms with Crippen molar-refractivity contribution in [2.45, 2.75) is 18.8 Å². The first kappa shape index (κ1) is 13.3. The summed E-state index contributed by atoms with van der Waals surface area (Å²) in [6, 6.07) is 8.27. The minimum absolute atomic E-state index is 0.506. The maximum absolute atomic E-state index is 8.71. The number of fused-ring (bicyclic) bond motifs is 3. The molecule has 0 aromatic heterocycles. The van der Waals surface area contributed by atoms with Gasteiger partial charge in [-0.3, -0.25) is 0 Å². The van der Waals surface area contributed by atoms with Crippen molar-refractivity contribution in [1.82, 2.24) is 4.90 Å². The van der Waals surface area contributed by atoms with Gasteiger partial charge < -0.3 is 14.4 Å². The first-order chi connectivity index (χ1) is 9.83. The molecule has 0 aliphatic carbocycles. The topological polar surface area (TPSA) is 45.5 Å². The highest BCUT2D eigenvalue weighted by molar-refractivity contribution is 5.49. The smallest absolute Gasteiger partial charge is 0.126 e. The second kappa shape index (κ2) is 5.72. The van der Waals surface area contributed by atoms with Crippen LogP contribution >= 0.6 is 0 Å². The third kappa shape index (κ3) is 2.34. The Morgan fingerprint density at radius 3 is 3.20 bits per heavy atom. The molecule has 0 spiro atoms. The molecule has 0 amide bonds. The standard InChI is InChI=1S/C16H20N2O2/c1-19-14-4-2-5-15-16(14)13-6-9-18(8-3-7-17)10-12(13)11-20-15/h2,4-5,12-13H,3,6,8-11H2,1H3/t12-,13+/m0/s1. The Labute approximate surface area is 119 Å². The van der Waals surface area contributed by atoms with Gasteiger partial charge in [-0.2, -0.15) is 5.26 Å². The zero-order valence-corrected chi connectivity index (χ0v) is 11.8. The van der Waals surface area contributed by atoms with Gasteiger partial charge in [0.1, 0.15) is 11.5 Å². The van der Waals surface area contributed by atoms with Crippen molar-refractivity contribution >= 4 is 0 Å². The molecule has 4 heteroatoms. The van der Waals surface area contributed by atoms with Crippen molar-refractivity contribution in [3.8, 4) is 17.6 Å². The number of nitrogens with zero attached hydrogens (tertiary/aromatic N) is 2. The average Bonchev–Trinajstić information content (AvgIpc) is 2.51. The Balaban J connectivity index is 1.80. The molecule has 4 nitrogen and oxygen atoms in total. The fraction of sp³-hybridized carbons (Fsp3) is 0.562. The Hall–Kier alpha value is -1.73. The van der Waals surface area contributed by atoms with Gasteiger partial charge in [0.05, 0.1) is 19.8 Å². The number of benzene rings is 1. The lowest BCUT2D eigenvalue weighted by atomic mass is 9.78. The molecule has 2 heterocycles. The van der Waals surface area contributed by atoms with Gasteiger partial charge in [-0.15, -0.1) is 0 Å². The van der Waals surface area contributed by atoms with Gasteiger partial charge in [-0.1, -0.05) is 6.07 Å². The number of rotatable bonds is 3. The van der Waals surface area contributed by atoms with Crippen molar-refractivity contribution in [1.29, 1.82) is 5.26 Å². The molecule has 0 bridgehead atoms. The lowest BCUT2D eigenvalue weighted by Crippen LogP contribution is -2.44. The second-order valence-corrected chi connectivity index (χ2v) is 5.55. The van der Waals surface area contributed by atoms with E-state index >= 15 is 0 Å². The number of piperidine rings is 1. The molecule has 3 rings (SSSR count). The van der Waals surface area contributed by atoms with E-state index in [4.69, 9.17) is 14.7 Å². The zero-order chi connectivity index (χ0) is 13.9. The summed E-state index contributed by atoms with van der Waals surface area (Å²) in [5.74, 6) is 2.96. The molecule has 1 saturated heterocycles. The minimum Gasteiger partial charge on any atom is -0.496 e. The number of methoxy groups -OCH3 is 1. The van der Waals surface area contributed by atoms with Crippen LogP contribution in [0, 0.1) is 17.2 Å². The van der Waals surface area contributed by atoms with Crippen LogP contribution < -0.4 is 9.47 Å². The molecular weight excluding hydrogens is 252 g/mol. The fourth-order valence-electron chi connectivity index (χ4n) is 3.46. The summed E-state index contributed by atoms with van der Waals surface area (Å²) in [5.41, 5.74) is 1.24. The third-order valence-electron chi connectivity index (χ3n) is 4.43. The van der Waals surface area contributed by atoms with Crippen molar-refractivity contribution in [3.05, 3.63) is 23.8 Å². The third-order valence-corrected chi connectivity index (χ3v) is 4.43. The Morgan fingerprint density at radius 2 is 2.40 bits per heavy atom. The zero-order valence-electron chi connectivity index (χ0n) is 11.8. The predicted octanol–water partition coefficient (Wildman–Crippen LogP) is 2.41. The molecule has 1 aromatic carbocycles. The van der Waals surface area contributed by atoms with E-state index in [-0.39, 0.29) is 0 Å². The largest absolute Gasteiger partial charge is 0.496 e. The molecule has 1 aromatic rings. The van der Waals surface area contributed by atoms with Gasteiger partial charge in [-0.05, 0) is 31.0 Å². The Bertz CT molecular complexity index is 509. The molecule has 0 saturated carbocycles. The first-order valence-electron chi connectivity index (χ1n) is 7.22. The lowest BCUT2D eigenvalue weighted by molar-refractivity contribution is 0.0929. The maximum Gasteiger partial charge on any atom is 0.126 e. The molecule has 1 fully saturated rings. The van der Waals surface area contributed by atoms with Gasteiger partial charge in [0.15, 0.2) is 0 Å². The molecule has 2 atom stereocenters. The van der Waals surface area contributed by atoms with E-state index in [9.17, 15) is 0 Å². The fourth-order valence-corrected chi connectivity index (χ4v) is 3.46. The lowest BCUT2D eigenvalue weighted by Gasteiger charge is -2.42. The van der Waals surface area contributed by atoms with E-state index < -0.39 is 0 Å². The van der Waals surface area contributed by atoms with Gasteiger partial charge in [0, 0.05) is 31.0 Å². The van der Waals surface area contributed by atoms with E-state index in [0.717, 1.165) is 44.2 Å². The average molecular weight is 272 g/mol. The van der Waals surface area contributed by atoms with Gasteiger partial charge >= 0.3 is 0 Å². The summed E-state index contributed by atoms with van der Waals surface area (Å²) in [6.07, 6.45) is 1.73. The maximum atomic E-state index is 8.71. The molecule has 20 heavy (non-hydrogen) atoms. The van der Waals surface area contributed by atoms with Crippen LogP contribution in [0.2, 0.25) is 0 Å². The summed E-state index contributed by atoms with van der Waals surface area (Å²) in [7, 11) is 1.72. The van der Waals surface area contributed by atoms with Gasteiger partial charge in [0.2, 0.25) is 0 Å². The SMILES string of the molecule is COc1cccc2c1[C@@H]1CCN(CCC#N)C[C@H]1CO2. The molecule has 0 unspecified atom stereocenters. The van der Waals surface area contributed by atoms with Crippen LogP contribution in [0.3, 0.4) is 0 Å². The van der Waals surface area contributed by atoms with Gasteiger partial charge in [0.25, 0.3) is 0 Å². The monoisotopic (exact) mass is 272 g/mol. The molecule has 0 N–H and O–H groups in total. The first-order valence-corrected chi connectivity index (χ1v) is 7.22. The molecular formula is C16H20N2O2. The highest BCUT2D eigenvalue weighted by Gasteiger charge is 2.37. The van der Waals surface area contributed by atoms with E-state index in [0.29, 0.717) is 18.3 Å². The predicted molar refractivity (Wildman–Crippen MR) is 76.0 cm³/mol. The van der Waals surface area contributed by atoms with Crippen LogP contribution in [0.15, 0.2) is 18.2 Å². The van der Waals surface area contributed by atoms with Crippen LogP contribution in [0.5, 0.6) is 11.5 Å². The summed E-state index contributed by atoms with van der Waals surface area (Å²) in [4.78, 5) is 2.38. The van der Waals surface area contributed by atoms with Crippen LogP contribution in [0.4, 0.5) is 0 Å². The molecule has 106 valence electrons. The van der Waals surface area contributed by atoms with Gasteiger partial charge in [-0.25, -0.2) is 0 Å². The molecule has 2 aliphatic heterocycles. The van der Waals surface area contributed by atoms with E-state index in [1.54, 1.807) is 7.11 Å². The number of hydrogen-bond donors (Lipinski definition) is 0. The summed E-state index contributed by atoms with van der Waals surface area (Å²) in [5, 5.41) is 8.71. The molecule has 2 aliphatic rings. The summed E-state index contributed by atoms with van der Waals surface area (Å²) < 4.78 is 11.4. The number of likely N-dealkylation sites (tertiary alicyclic amines) is 1. The van der Waals surface area contributed by atoms with Crippen LogP contribution in [-0.2, 0) is 0 Å². The van der Waals surface area contributed by atoms with E-state index in [2.05, 4.69) is 11.0 Å².